The lowest BCUT2D eigenvalue weighted by Crippen LogP contribution is -2.24. The van der Waals surface area contributed by atoms with Gasteiger partial charge in [-0.2, -0.15) is 0 Å². The van der Waals surface area contributed by atoms with Crippen LogP contribution in [0.3, 0.4) is 0 Å². The second-order valence-corrected chi connectivity index (χ2v) is 5.54. The van der Waals surface area contributed by atoms with Crippen molar-refractivity contribution in [2.75, 3.05) is 19.4 Å². The molecule has 1 aliphatic rings. The number of nitrogens with zero attached hydrogens (tertiary/aromatic N) is 1. The summed E-state index contributed by atoms with van der Waals surface area (Å²) in [5.41, 5.74) is 7.40. The van der Waals surface area contributed by atoms with Crippen molar-refractivity contribution in [3.63, 3.8) is 0 Å². The van der Waals surface area contributed by atoms with Crippen LogP contribution >= 0.6 is 0 Å². The van der Waals surface area contributed by atoms with Crippen LogP contribution in [0.1, 0.15) is 12.0 Å². The van der Waals surface area contributed by atoms with Gasteiger partial charge >= 0.3 is 0 Å². The smallest absolute Gasteiger partial charge is 0.231 e. The third kappa shape index (κ3) is 4.16. The van der Waals surface area contributed by atoms with Crippen LogP contribution in [-0.2, 0) is 16.0 Å². The van der Waals surface area contributed by atoms with Gasteiger partial charge in [-0.3, -0.25) is 9.59 Å². The zero-order valence-electron chi connectivity index (χ0n) is 12.4. The molecule has 1 aromatic rings. The summed E-state index contributed by atoms with van der Waals surface area (Å²) in [6, 6.07) is 7.31. The number of nitrogens with one attached hydrogen (secondary N) is 1. The first-order chi connectivity index (χ1) is 9.95. The minimum Gasteiger partial charge on any atom is -0.349 e. The highest BCUT2D eigenvalue weighted by Crippen LogP contribution is 2.19. The Bertz CT molecular complexity index is 549. The van der Waals surface area contributed by atoms with Crippen LogP contribution in [0.5, 0.6) is 0 Å². The number of carbonyl (C=O) groups is 2. The fourth-order valence-electron chi connectivity index (χ4n) is 2.20. The SMILES string of the molecule is CN(C)C(=O)Cc1ccc(NC(=O)C2C=CC(N)C2)cc1. The third-order valence-corrected chi connectivity index (χ3v) is 3.53. The third-order valence-electron chi connectivity index (χ3n) is 3.53. The molecule has 0 bridgehead atoms. The molecule has 0 spiro atoms. The molecule has 112 valence electrons. The van der Waals surface area contributed by atoms with Gasteiger partial charge in [0.15, 0.2) is 0 Å². The van der Waals surface area contributed by atoms with E-state index in [2.05, 4.69) is 5.32 Å². The van der Waals surface area contributed by atoms with E-state index < -0.39 is 0 Å². The zero-order valence-corrected chi connectivity index (χ0v) is 12.4. The van der Waals surface area contributed by atoms with E-state index in [0.29, 0.717) is 12.8 Å². The standard InChI is InChI=1S/C16H21N3O2/c1-19(2)15(20)9-11-3-7-14(8-4-11)18-16(21)12-5-6-13(17)10-12/h3-8,12-13H,9-10,17H2,1-2H3,(H,18,21). The number of benzene rings is 1. The van der Waals surface area contributed by atoms with Gasteiger partial charge in [-0.1, -0.05) is 24.3 Å². The van der Waals surface area contributed by atoms with Crippen LogP contribution in [-0.4, -0.2) is 36.9 Å². The lowest BCUT2D eigenvalue weighted by Gasteiger charge is -2.12. The number of likely N-dealkylation sites (N-methyl/N-ethyl adjacent to an activating group) is 1. The van der Waals surface area contributed by atoms with Crippen molar-refractivity contribution in [1.29, 1.82) is 0 Å². The molecule has 2 amide bonds. The molecule has 2 unspecified atom stereocenters. The molecular formula is C16H21N3O2. The molecule has 21 heavy (non-hydrogen) atoms. The van der Waals surface area contributed by atoms with Crippen LogP contribution in [0.4, 0.5) is 5.69 Å². The van der Waals surface area contributed by atoms with Crippen molar-refractivity contribution < 1.29 is 9.59 Å². The van der Waals surface area contributed by atoms with Gasteiger partial charge in [-0.05, 0) is 24.1 Å². The summed E-state index contributed by atoms with van der Waals surface area (Å²) < 4.78 is 0. The molecule has 0 fully saturated rings. The van der Waals surface area contributed by atoms with Gasteiger partial charge in [-0.15, -0.1) is 0 Å². The second kappa shape index (κ2) is 6.54. The Hall–Kier alpha value is -2.14. The Morgan fingerprint density at radius 2 is 1.90 bits per heavy atom. The van der Waals surface area contributed by atoms with Gasteiger partial charge in [-0.25, -0.2) is 0 Å². The van der Waals surface area contributed by atoms with Gasteiger partial charge in [0.05, 0.1) is 12.3 Å². The van der Waals surface area contributed by atoms with Gasteiger partial charge in [0.2, 0.25) is 11.8 Å². The van der Waals surface area contributed by atoms with Gasteiger partial charge in [0.25, 0.3) is 0 Å². The van der Waals surface area contributed by atoms with Crippen LogP contribution in [0.15, 0.2) is 36.4 Å². The highest BCUT2D eigenvalue weighted by atomic mass is 16.2. The highest BCUT2D eigenvalue weighted by molar-refractivity contribution is 5.94. The summed E-state index contributed by atoms with van der Waals surface area (Å²) in [5, 5.41) is 2.87. The maximum absolute atomic E-state index is 12.0. The van der Waals surface area contributed by atoms with E-state index in [1.165, 1.54) is 0 Å². The number of anilines is 1. The Balaban J connectivity index is 1.92. The Labute approximate surface area is 124 Å². The van der Waals surface area contributed by atoms with Crippen molar-refractivity contribution in [2.45, 2.75) is 18.9 Å². The number of nitrogens with two attached hydrogens (primary N) is 1. The molecule has 5 nitrogen and oxygen atoms in total. The van der Waals surface area contributed by atoms with Crippen molar-refractivity contribution in [1.82, 2.24) is 4.90 Å². The fraction of sp³-hybridized carbons (Fsp3) is 0.375. The molecule has 1 aromatic carbocycles. The first-order valence-electron chi connectivity index (χ1n) is 6.99. The van der Waals surface area contributed by atoms with Crippen molar-refractivity contribution >= 4 is 17.5 Å². The van der Waals surface area contributed by atoms with Crippen LogP contribution in [0, 0.1) is 5.92 Å². The summed E-state index contributed by atoms with van der Waals surface area (Å²) >= 11 is 0. The fourth-order valence-corrected chi connectivity index (χ4v) is 2.20. The molecule has 0 saturated carbocycles. The molecule has 0 aliphatic heterocycles. The minimum atomic E-state index is -0.157. The molecule has 3 N–H and O–H groups in total. The van der Waals surface area contributed by atoms with Crippen LogP contribution in [0.2, 0.25) is 0 Å². The first kappa shape index (κ1) is 15.3. The van der Waals surface area contributed by atoms with E-state index in [1.54, 1.807) is 19.0 Å². The molecule has 0 saturated heterocycles. The maximum atomic E-state index is 12.0. The van der Waals surface area contributed by atoms with Crippen LogP contribution < -0.4 is 11.1 Å². The predicted octanol–water partition coefficient (Wildman–Crippen LogP) is 1.16. The van der Waals surface area contributed by atoms with E-state index in [9.17, 15) is 9.59 Å². The molecule has 2 atom stereocenters. The average molecular weight is 287 g/mol. The lowest BCUT2D eigenvalue weighted by atomic mass is 10.1. The number of hydrogen-bond acceptors (Lipinski definition) is 3. The minimum absolute atomic E-state index is 0.0276. The number of amides is 2. The Morgan fingerprint density at radius 3 is 2.43 bits per heavy atom. The predicted molar refractivity (Wildman–Crippen MR) is 82.7 cm³/mol. The van der Waals surface area contributed by atoms with Gasteiger partial charge in [0, 0.05) is 25.8 Å². The monoisotopic (exact) mass is 287 g/mol. The highest BCUT2D eigenvalue weighted by Gasteiger charge is 2.22. The topological polar surface area (TPSA) is 75.4 Å². The van der Waals surface area contributed by atoms with Crippen molar-refractivity contribution in [2.24, 2.45) is 11.7 Å². The van der Waals surface area contributed by atoms with Crippen molar-refractivity contribution in [3.05, 3.63) is 42.0 Å². The summed E-state index contributed by atoms with van der Waals surface area (Å²) in [5.74, 6) is -0.150. The van der Waals surface area contributed by atoms with E-state index in [4.69, 9.17) is 5.73 Å². The summed E-state index contributed by atoms with van der Waals surface area (Å²) in [6.07, 6.45) is 4.73. The normalized spacial score (nSPS) is 20.3. The number of rotatable bonds is 4. The van der Waals surface area contributed by atoms with Gasteiger partial charge in [0.1, 0.15) is 0 Å². The Kier molecular flexibility index (Phi) is 4.75. The molecule has 1 aliphatic carbocycles. The lowest BCUT2D eigenvalue weighted by molar-refractivity contribution is -0.128. The van der Waals surface area contributed by atoms with E-state index >= 15 is 0 Å². The largest absolute Gasteiger partial charge is 0.349 e. The quantitative estimate of drug-likeness (QED) is 0.816. The van der Waals surface area contributed by atoms with Gasteiger partial charge < -0.3 is 16.0 Å². The van der Waals surface area contributed by atoms with Crippen molar-refractivity contribution in [3.8, 4) is 0 Å². The first-order valence-corrected chi connectivity index (χ1v) is 6.99. The maximum Gasteiger partial charge on any atom is 0.231 e. The Morgan fingerprint density at radius 1 is 1.24 bits per heavy atom. The average Bonchev–Trinajstić information content (AvgIpc) is 2.87. The molecule has 0 radical (unpaired) electrons. The summed E-state index contributed by atoms with van der Waals surface area (Å²) in [4.78, 5) is 25.2. The van der Waals surface area contributed by atoms with E-state index in [1.807, 2.05) is 36.4 Å². The summed E-state index contributed by atoms with van der Waals surface area (Å²) in [7, 11) is 3.47. The van der Waals surface area contributed by atoms with E-state index in [0.717, 1.165) is 11.3 Å². The molecule has 0 aromatic heterocycles. The molecule has 2 rings (SSSR count). The second-order valence-electron chi connectivity index (χ2n) is 5.54. The summed E-state index contributed by atoms with van der Waals surface area (Å²) in [6.45, 7) is 0. The molecular weight excluding hydrogens is 266 g/mol. The number of hydrogen-bond donors (Lipinski definition) is 2. The zero-order chi connectivity index (χ0) is 15.4. The molecule has 5 heteroatoms. The van der Waals surface area contributed by atoms with Crippen LogP contribution in [0.25, 0.3) is 0 Å². The van der Waals surface area contributed by atoms with E-state index in [-0.39, 0.29) is 23.8 Å². The number of carbonyl (C=O) groups excluding carboxylic acids is 2. The molecule has 0 heterocycles.